The highest BCUT2D eigenvalue weighted by atomic mass is 16.5. The van der Waals surface area contributed by atoms with E-state index in [0.717, 1.165) is 17.5 Å². The lowest BCUT2D eigenvalue weighted by molar-refractivity contribution is -0.145. The summed E-state index contributed by atoms with van der Waals surface area (Å²) < 4.78 is 9.89. The third-order valence-electron chi connectivity index (χ3n) is 3.14. The number of aryl methyl sites for hydroxylation is 1. The van der Waals surface area contributed by atoms with E-state index in [1.54, 1.807) is 13.2 Å². The van der Waals surface area contributed by atoms with Gasteiger partial charge in [0.05, 0.1) is 14.2 Å². The number of esters is 1. The molecule has 0 saturated carbocycles. The van der Waals surface area contributed by atoms with Crippen LogP contribution >= 0.6 is 0 Å². The number of ether oxygens (including phenoxy) is 2. The largest absolute Gasteiger partial charge is 0.496 e. The Hall–Kier alpha value is -2.30. The van der Waals surface area contributed by atoms with Gasteiger partial charge in [-0.05, 0) is 31.6 Å². The van der Waals surface area contributed by atoms with E-state index in [1.165, 1.54) is 18.1 Å². The summed E-state index contributed by atoms with van der Waals surface area (Å²) in [6.07, 6.45) is 3.92. The Labute approximate surface area is 131 Å². The highest BCUT2D eigenvalue weighted by Crippen LogP contribution is 2.21. The third kappa shape index (κ3) is 5.24. The van der Waals surface area contributed by atoms with Crippen molar-refractivity contribution >= 4 is 18.0 Å². The number of hydrogen-bond donors (Lipinski definition) is 0. The Morgan fingerprint density at radius 2 is 2.00 bits per heavy atom. The highest BCUT2D eigenvalue weighted by Gasteiger charge is 2.14. The van der Waals surface area contributed by atoms with Crippen molar-refractivity contribution in [1.29, 1.82) is 0 Å². The number of hydrogen-bond acceptors (Lipinski definition) is 4. The molecule has 0 atom stereocenters. The summed E-state index contributed by atoms with van der Waals surface area (Å²) in [7, 11) is 2.90. The van der Waals surface area contributed by atoms with Crippen molar-refractivity contribution in [2.45, 2.75) is 20.3 Å². The summed E-state index contributed by atoms with van der Waals surface area (Å²) >= 11 is 0. The van der Waals surface area contributed by atoms with Crippen molar-refractivity contribution in [1.82, 2.24) is 4.90 Å². The van der Waals surface area contributed by atoms with Crippen LogP contribution in [-0.4, -0.2) is 44.1 Å². The zero-order chi connectivity index (χ0) is 16.5. The van der Waals surface area contributed by atoms with Crippen molar-refractivity contribution in [2.24, 2.45) is 0 Å². The molecule has 0 bridgehead atoms. The van der Waals surface area contributed by atoms with Gasteiger partial charge in [0.1, 0.15) is 12.3 Å². The summed E-state index contributed by atoms with van der Waals surface area (Å²) in [5.41, 5.74) is 1.90. The van der Waals surface area contributed by atoms with E-state index in [2.05, 4.69) is 4.74 Å². The molecular formula is C17H23NO4. The van der Waals surface area contributed by atoms with Crippen LogP contribution in [0.5, 0.6) is 5.75 Å². The van der Waals surface area contributed by atoms with E-state index in [9.17, 15) is 9.59 Å². The van der Waals surface area contributed by atoms with Crippen LogP contribution in [-0.2, 0) is 14.3 Å². The molecule has 0 aliphatic carbocycles. The molecule has 0 aliphatic rings. The molecule has 0 heterocycles. The molecule has 120 valence electrons. The molecule has 0 fully saturated rings. The fourth-order valence-electron chi connectivity index (χ4n) is 2.01. The minimum atomic E-state index is -0.427. The van der Waals surface area contributed by atoms with Gasteiger partial charge in [-0.2, -0.15) is 0 Å². The summed E-state index contributed by atoms with van der Waals surface area (Å²) in [6.45, 7) is 4.38. The SMILES string of the molecule is CCCN(CC(=O)OC)C(=O)C=Cc1cc(C)ccc1OC. The maximum Gasteiger partial charge on any atom is 0.325 e. The lowest BCUT2D eigenvalue weighted by atomic mass is 10.1. The number of nitrogens with zero attached hydrogens (tertiary/aromatic N) is 1. The predicted octanol–water partition coefficient (Wildman–Crippen LogP) is 2.43. The van der Waals surface area contributed by atoms with E-state index in [0.29, 0.717) is 12.3 Å². The fraction of sp³-hybridized carbons (Fsp3) is 0.412. The van der Waals surface area contributed by atoms with E-state index in [4.69, 9.17) is 4.74 Å². The van der Waals surface area contributed by atoms with Gasteiger partial charge in [0.25, 0.3) is 0 Å². The van der Waals surface area contributed by atoms with Crippen LogP contribution in [0.4, 0.5) is 0 Å². The number of benzene rings is 1. The molecule has 5 heteroatoms. The zero-order valence-corrected chi connectivity index (χ0v) is 13.6. The van der Waals surface area contributed by atoms with E-state index in [-0.39, 0.29) is 12.5 Å². The molecular weight excluding hydrogens is 282 g/mol. The van der Waals surface area contributed by atoms with Gasteiger partial charge in [0, 0.05) is 18.2 Å². The Bertz CT molecular complexity index is 552. The fourth-order valence-corrected chi connectivity index (χ4v) is 2.01. The maximum atomic E-state index is 12.2. The van der Waals surface area contributed by atoms with Crippen molar-refractivity contribution in [2.75, 3.05) is 27.3 Å². The predicted molar refractivity (Wildman–Crippen MR) is 85.7 cm³/mol. The molecule has 1 rings (SSSR count). The second-order valence-corrected chi connectivity index (χ2v) is 4.91. The molecule has 1 amide bonds. The van der Waals surface area contributed by atoms with Gasteiger partial charge in [-0.3, -0.25) is 9.59 Å². The lowest BCUT2D eigenvalue weighted by Gasteiger charge is -2.18. The van der Waals surface area contributed by atoms with Crippen molar-refractivity contribution in [3.05, 3.63) is 35.4 Å². The standard InChI is InChI=1S/C17H23NO4/c1-5-10-18(12-17(20)22-4)16(19)9-7-14-11-13(2)6-8-15(14)21-3/h6-9,11H,5,10,12H2,1-4H3. The molecule has 0 aliphatic heterocycles. The second kappa shape index (κ2) is 8.87. The molecule has 0 radical (unpaired) electrons. The summed E-state index contributed by atoms with van der Waals surface area (Å²) in [4.78, 5) is 25.1. The first-order valence-electron chi connectivity index (χ1n) is 7.20. The zero-order valence-electron chi connectivity index (χ0n) is 13.6. The van der Waals surface area contributed by atoms with E-state index < -0.39 is 5.97 Å². The van der Waals surface area contributed by atoms with Gasteiger partial charge in [-0.15, -0.1) is 0 Å². The minimum absolute atomic E-state index is 0.0432. The number of carbonyl (C=O) groups is 2. The van der Waals surface area contributed by atoms with E-state index >= 15 is 0 Å². The number of methoxy groups -OCH3 is 2. The Balaban J connectivity index is 2.88. The van der Waals surface area contributed by atoms with Crippen LogP contribution in [0.25, 0.3) is 6.08 Å². The van der Waals surface area contributed by atoms with Gasteiger partial charge < -0.3 is 14.4 Å². The van der Waals surface area contributed by atoms with Gasteiger partial charge in [0.2, 0.25) is 5.91 Å². The van der Waals surface area contributed by atoms with Gasteiger partial charge in [-0.25, -0.2) is 0 Å². The van der Waals surface area contributed by atoms with Crippen LogP contribution in [0.3, 0.4) is 0 Å². The highest BCUT2D eigenvalue weighted by molar-refractivity contribution is 5.94. The Kier molecular flexibility index (Phi) is 7.16. The molecule has 0 spiro atoms. The molecule has 5 nitrogen and oxygen atoms in total. The monoisotopic (exact) mass is 305 g/mol. The average Bonchev–Trinajstić information content (AvgIpc) is 2.52. The summed E-state index contributed by atoms with van der Waals surface area (Å²) in [6, 6.07) is 5.74. The third-order valence-corrected chi connectivity index (χ3v) is 3.14. The molecule has 1 aromatic rings. The lowest BCUT2D eigenvalue weighted by Crippen LogP contribution is -2.35. The Morgan fingerprint density at radius 1 is 1.27 bits per heavy atom. The van der Waals surface area contributed by atoms with Crippen LogP contribution < -0.4 is 4.74 Å². The molecule has 0 aromatic heterocycles. The molecule has 1 aromatic carbocycles. The molecule has 0 saturated heterocycles. The van der Waals surface area contributed by atoms with Crippen molar-refractivity contribution < 1.29 is 19.1 Å². The first-order chi connectivity index (χ1) is 10.5. The Morgan fingerprint density at radius 3 is 2.59 bits per heavy atom. The molecule has 0 N–H and O–H groups in total. The second-order valence-electron chi connectivity index (χ2n) is 4.91. The first-order valence-corrected chi connectivity index (χ1v) is 7.20. The van der Waals surface area contributed by atoms with Gasteiger partial charge in [-0.1, -0.05) is 18.6 Å². The van der Waals surface area contributed by atoms with Gasteiger partial charge >= 0.3 is 5.97 Å². The van der Waals surface area contributed by atoms with Crippen LogP contribution in [0, 0.1) is 6.92 Å². The topological polar surface area (TPSA) is 55.8 Å². The number of carbonyl (C=O) groups excluding carboxylic acids is 2. The molecule has 22 heavy (non-hydrogen) atoms. The van der Waals surface area contributed by atoms with Crippen LogP contribution in [0.2, 0.25) is 0 Å². The average molecular weight is 305 g/mol. The van der Waals surface area contributed by atoms with Crippen molar-refractivity contribution in [3.63, 3.8) is 0 Å². The van der Waals surface area contributed by atoms with Gasteiger partial charge in [0.15, 0.2) is 0 Å². The normalized spacial score (nSPS) is 10.5. The maximum absolute atomic E-state index is 12.2. The van der Waals surface area contributed by atoms with Crippen molar-refractivity contribution in [3.8, 4) is 5.75 Å². The van der Waals surface area contributed by atoms with Crippen LogP contribution in [0.15, 0.2) is 24.3 Å². The van der Waals surface area contributed by atoms with Crippen LogP contribution in [0.1, 0.15) is 24.5 Å². The summed E-state index contributed by atoms with van der Waals surface area (Å²) in [5, 5.41) is 0. The molecule has 0 unspecified atom stereocenters. The minimum Gasteiger partial charge on any atom is -0.496 e. The van der Waals surface area contributed by atoms with E-state index in [1.807, 2.05) is 32.0 Å². The number of rotatable bonds is 7. The quantitative estimate of drug-likeness (QED) is 0.573. The summed E-state index contributed by atoms with van der Waals surface area (Å²) in [5.74, 6) is 0.0452. The first kappa shape index (κ1) is 17.8. The smallest absolute Gasteiger partial charge is 0.325 e. The number of amides is 1.